The van der Waals surface area contributed by atoms with E-state index in [2.05, 4.69) is 45.2 Å². The first-order valence-corrected chi connectivity index (χ1v) is 7.21. The molecule has 5 nitrogen and oxygen atoms in total. The Labute approximate surface area is 119 Å². The van der Waals surface area contributed by atoms with E-state index >= 15 is 0 Å². The average Bonchev–Trinajstić information content (AvgIpc) is 2.96. The van der Waals surface area contributed by atoms with Crippen molar-refractivity contribution in [2.45, 2.75) is 39.2 Å². The van der Waals surface area contributed by atoms with Gasteiger partial charge in [-0.05, 0) is 29.3 Å². The lowest BCUT2D eigenvalue weighted by Gasteiger charge is -2.04. The zero-order chi connectivity index (χ0) is 13.1. The van der Waals surface area contributed by atoms with E-state index in [9.17, 15) is 0 Å². The number of halogens is 2. The molecule has 0 amide bonds. The van der Waals surface area contributed by atoms with Crippen molar-refractivity contribution in [3.8, 4) is 0 Å². The Morgan fingerprint density at radius 1 is 1.39 bits per heavy atom. The fourth-order valence-electron chi connectivity index (χ4n) is 1.80. The van der Waals surface area contributed by atoms with Crippen molar-refractivity contribution in [2.24, 2.45) is 0 Å². The van der Waals surface area contributed by atoms with Gasteiger partial charge in [0.05, 0.1) is 40.2 Å². The number of nitrogens with zero attached hydrogens (tertiary/aromatic N) is 5. The minimum absolute atomic E-state index is 0.383. The molecule has 0 saturated heterocycles. The highest BCUT2D eigenvalue weighted by atomic mass is 79.9. The maximum atomic E-state index is 5.72. The van der Waals surface area contributed by atoms with Crippen LogP contribution in [0.4, 0.5) is 0 Å². The largest absolute Gasteiger partial charge is 0.267 e. The minimum atomic E-state index is 0.383. The van der Waals surface area contributed by atoms with E-state index in [1.807, 2.05) is 10.9 Å². The van der Waals surface area contributed by atoms with Crippen molar-refractivity contribution in [1.82, 2.24) is 24.8 Å². The predicted molar refractivity (Wildman–Crippen MR) is 73.7 cm³/mol. The first-order valence-electron chi connectivity index (χ1n) is 5.88. The molecule has 2 rings (SSSR count). The molecule has 0 fully saturated rings. The van der Waals surface area contributed by atoms with E-state index in [4.69, 9.17) is 11.6 Å². The van der Waals surface area contributed by atoms with Crippen LogP contribution in [0.3, 0.4) is 0 Å². The van der Waals surface area contributed by atoms with Crippen LogP contribution in [0, 0.1) is 0 Å². The molecule has 0 N–H and O–H groups in total. The maximum absolute atomic E-state index is 5.72. The van der Waals surface area contributed by atoms with Gasteiger partial charge in [0, 0.05) is 6.54 Å². The molecule has 0 spiro atoms. The standard InChI is InChI=1S/C11H15BrClN5/c1-3-9-11(12)10(18(4-2)15-9)7-17-6-8(5-13)14-16-17/h6H,3-5,7H2,1-2H3. The second-order valence-electron chi connectivity index (χ2n) is 3.92. The summed E-state index contributed by atoms with van der Waals surface area (Å²) in [6.07, 6.45) is 2.77. The predicted octanol–water partition coefficient (Wildman–Crippen LogP) is 2.61. The molecule has 0 aliphatic rings. The Balaban J connectivity index is 2.29. The monoisotopic (exact) mass is 331 g/mol. The Bertz CT molecular complexity index is 534. The zero-order valence-corrected chi connectivity index (χ0v) is 12.7. The number of hydrogen-bond acceptors (Lipinski definition) is 3. The zero-order valence-electron chi connectivity index (χ0n) is 10.4. The van der Waals surface area contributed by atoms with Gasteiger partial charge in [0.25, 0.3) is 0 Å². The Hall–Kier alpha value is -0.880. The summed E-state index contributed by atoms with van der Waals surface area (Å²) in [7, 11) is 0. The summed E-state index contributed by atoms with van der Waals surface area (Å²) in [5.41, 5.74) is 2.97. The molecule has 0 aliphatic carbocycles. The summed E-state index contributed by atoms with van der Waals surface area (Å²) in [4.78, 5) is 0. The Morgan fingerprint density at radius 3 is 2.72 bits per heavy atom. The highest BCUT2D eigenvalue weighted by molar-refractivity contribution is 9.10. The Kier molecular flexibility index (Phi) is 4.40. The van der Waals surface area contributed by atoms with Gasteiger partial charge in [-0.15, -0.1) is 16.7 Å². The Morgan fingerprint density at radius 2 is 2.17 bits per heavy atom. The third kappa shape index (κ3) is 2.59. The van der Waals surface area contributed by atoms with Crippen molar-refractivity contribution in [3.63, 3.8) is 0 Å². The molecule has 0 aliphatic heterocycles. The molecule has 2 aromatic rings. The van der Waals surface area contributed by atoms with Crippen molar-refractivity contribution < 1.29 is 0 Å². The van der Waals surface area contributed by atoms with Crippen LogP contribution in [0.1, 0.15) is 30.9 Å². The van der Waals surface area contributed by atoms with E-state index in [1.54, 1.807) is 4.68 Å². The highest BCUT2D eigenvalue weighted by Gasteiger charge is 2.14. The molecule has 2 heterocycles. The van der Waals surface area contributed by atoms with Crippen LogP contribution in [-0.4, -0.2) is 24.8 Å². The number of rotatable bonds is 5. The van der Waals surface area contributed by atoms with E-state index in [1.165, 1.54) is 0 Å². The molecule has 7 heteroatoms. The summed E-state index contributed by atoms with van der Waals surface area (Å²) >= 11 is 9.33. The minimum Gasteiger partial charge on any atom is -0.267 e. The van der Waals surface area contributed by atoms with Crippen molar-refractivity contribution in [3.05, 3.63) is 27.8 Å². The lowest BCUT2D eigenvalue weighted by molar-refractivity contribution is 0.562. The molecule has 0 saturated carbocycles. The maximum Gasteiger partial charge on any atom is 0.0974 e. The molecular weight excluding hydrogens is 318 g/mol. The fraction of sp³-hybridized carbons (Fsp3) is 0.545. The number of hydrogen-bond donors (Lipinski definition) is 0. The van der Waals surface area contributed by atoms with Crippen molar-refractivity contribution >= 4 is 27.5 Å². The summed E-state index contributed by atoms with van der Waals surface area (Å²) < 4.78 is 4.84. The van der Waals surface area contributed by atoms with Crippen LogP contribution in [0.5, 0.6) is 0 Å². The lowest BCUT2D eigenvalue weighted by Crippen LogP contribution is -2.09. The van der Waals surface area contributed by atoms with Gasteiger partial charge in [0.1, 0.15) is 0 Å². The first-order chi connectivity index (χ1) is 8.69. The molecule has 0 unspecified atom stereocenters. The van der Waals surface area contributed by atoms with Gasteiger partial charge in [-0.3, -0.25) is 4.68 Å². The highest BCUT2D eigenvalue weighted by Crippen LogP contribution is 2.23. The molecule has 98 valence electrons. The summed E-state index contributed by atoms with van der Waals surface area (Å²) in [6.45, 7) is 5.65. The van der Waals surface area contributed by atoms with E-state index in [0.717, 1.165) is 34.5 Å². The van der Waals surface area contributed by atoms with Crippen molar-refractivity contribution in [1.29, 1.82) is 0 Å². The van der Waals surface area contributed by atoms with Gasteiger partial charge >= 0.3 is 0 Å². The van der Waals surface area contributed by atoms with Crippen LogP contribution >= 0.6 is 27.5 Å². The normalized spacial score (nSPS) is 11.1. The van der Waals surface area contributed by atoms with Gasteiger partial charge in [-0.25, -0.2) is 4.68 Å². The lowest BCUT2D eigenvalue weighted by atomic mass is 10.3. The first kappa shape index (κ1) is 13.5. The molecule has 0 atom stereocenters. The molecule has 0 aromatic carbocycles. The van der Waals surface area contributed by atoms with Gasteiger partial charge in [0.15, 0.2) is 0 Å². The second-order valence-corrected chi connectivity index (χ2v) is 4.98. The van der Waals surface area contributed by atoms with Gasteiger partial charge < -0.3 is 0 Å². The second kappa shape index (κ2) is 5.84. The summed E-state index contributed by atoms with van der Waals surface area (Å²) in [5, 5.41) is 12.6. The summed E-state index contributed by atoms with van der Waals surface area (Å²) in [5.74, 6) is 0.383. The SMILES string of the molecule is CCc1nn(CC)c(Cn2cc(CCl)nn2)c1Br. The third-order valence-corrected chi connectivity index (χ3v) is 3.92. The summed E-state index contributed by atoms with van der Waals surface area (Å²) in [6, 6.07) is 0. The molecule has 18 heavy (non-hydrogen) atoms. The number of aromatic nitrogens is 5. The van der Waals surface area contributed by atoms with Crippen molar-refractivity contribution in [2.75, 3.05) is 0 Å². The molecule has 2 aromatic heterocycles. The quantitative estimate of drug-likeness (QED) is 0.791. The number of alkyl halides is 1. The van der Waals surface area contributed by atoms with Crippen LogP contribution in [0.2, 0.25) is 0 Å². The fourth-order valence-corrected chi connectivity index (χ4v) is 2.61. The molecule has 0 bridgehead atoms. The van der Waals surface area contributed by atoms with E-state index in [-0.39, 0.29) is 0 Å². The average molecular weight is 333 g/mol. The topological polar surface area (TPSA) is 48.5 Å². The molecule has 0 radical (unpaired) electrons. The third-order valence-electron chi connectivity index (χ3n) is 2.73. The molecular formula is C11H15BrClN5. The van der Waals surface area contributed by atoms with Gasteiger partial charge in [-0.2, -0.15) is 5.10 Å². The number of aryl methyl sites for hydroxylation is 2. The van der Waals surface area contributed by atoms with Gasteiger partial charge in [0.2, 0.25) is 0 Å². The van der Waals surface area contributed by atoms with Crippen LogP contribution in [0.25, 0.3) is 0 Å². The van der Waals surface area contributed by atoms with Crippen LogP contribution in [0.15, 0.2) is 10.7 Å². The van der Waals surface area contributed by atoms with Crippen LogP contribution < -0.4 is 0 Å². The smallest absolute Gasteiger partial charge is 0.0974 e. The van der Waals surface area contributed by atoms with Crippen LogP contribution in [-0.2, 0) is 25.4 Å². The van der Waals surface area contributed by atoms with E-state index in [0.29, 0.717) is 12.4 Å². The van der Waals surface area contributed by atoms with E-state index < -0.39 is 0 Å². The van der Waals surface area contributed by atoms with Gasteiger partial charge in [-0.1, -0.05) is 12.1 Å².